The van der Waals surface area contributed by atoms with Crippen molar-refractivity contribution < 1.29 is 14.6 Å². The molecule has 0 bridgehead atoms. The van der Waals surface area contributed by atoms with Crippen LogP contribution in [0.15, 0.2) is 18.2 Å². The third-order valence-corrected chi connectivity index (χ3v) is 3.68. The number of hydrogen-bond donors (Lipinski definition) is 1. The molecule has 0 spiro atoms. The zero-order valence-electron chi connectivity index (χ0n) is 8.98. The van der Waals surface area contributed by atoms with Gasteiger partial charge in [-0.1, -0.05) is 18.9 Å². The van der Waals surface area contributed by atoms with Gasteiger partial charge in [-0.3, -0.25) is 4.79 Å². The minimum atomic E-state index is -0.122. The molecule has 2 atom stereocenters. The molecule has 1 N–H and O–H groups in total. The quantitative estimate of drug-likeness (QED) is 0.537. The molecule has 1 heterocycles. The number of rotatable bonds is 0. The van der Waals surface area contributed by atoms with E-state index >= 15 is 0 Å². The summed E-state index contributed by atoms with van der Waals surface area (Å²) in [6.07, 6.45) is 4.28. The van der Waals surface area contributed by atoms with Crippen LogP contribution in [0.1, 0.15) is 37.2 Å². The zero-order valence-corrected chi connectivity index (χ0v) is 8.98. The summed E-state index contributed by atoms with van der Waals surface area (Å²) >= 11 is 0. The average Bonchev–Trinajstić information content (AvgIpc) is 2.29. The third-order valence-electron chi connectivity index (χ3n) is 3.68. The minimum Gasteiger partial charge on any atom is -0.508 e. The maximum Gasteiger partial charge on any atom is 0.314 e. The van der Waals surface area contributed by atoms with Gasteiger partial charge >= 0.3 is 5.97 Å². The Morgan fingerprint density at radius 2 is 1.94 bits per heavy atom. The van der Waals surface area contributed by atoms with E-state index in [0.717, 1.165) is 24.8 Å². The van der Waals surface area contributed by atoms with E-state index in [-0.39, 0.29) is 17.6 Å². The highest BCUT2D eigenvalue weighted by Crippen LogP contribution is 2.46. The number of carbonyl (C=O) groups excluding carboxylic acids is 1. The molecule has 3 heteroatoms. The summed E-state index contributed by atoms with van der Waals surface area (Å²) in [5.74, 6) is 0.910. The van der Waals surface area contributed by atoms with Crippen LogP contribution >= 0.6 is 0 Å². The standard InChI is InChI=1S/C13H14O3/c14-8-5-6-10-9-3-1-2-4-11(9)13(15)16-12(10)7-8/h5-7,9,11,14H,1-4H2. The molecule has 0 saturated heterocycles. The Balaban J connectivity index is 2.06. The van der Waals surface area contributed by atoms with E-state index in [9.17, 15) is 9.90 Å². The van der Waals surface area contributed by atoms with E-state index < -0.39 is 0 Å². The monoisotopic (exact) mass is 218 g/mol. The fraction of sp³-hybridized carbons (Fsp3) is 0.462. The van der Waals surface area contributed by atoms with Gasteiger partial charge in [0.15, 0.2) is 0 Å². The summed E-state index contributed by atoms with van der Waals surface area (Å²) in [5, 5.41) is 9.38. The summed E-state index contributed by atoms with van der Waals surface area (Å²) in [7, 11) is 0. The summed E-state index contributed by atoms with van der Waals surface area (Å²) in [4.78, 5) is 11.8. The Morgan fingerprint density at radius 3 is 2.75 bits per heavy atom. The van der Waals surface area contributed by atoms with Crippen molar-refractivity contribution in [2.24, 2.45) is 5.92 Å². The van der Waals surface area contributed by atoms with Crippen LogP contribution in [0, 0.1) is 5.92 Å². The smallest absolute Gasteiger partial charge is 0.314 e. The molecule has 1 aliphatic heterocycles. The molecule has 1 aromatic rings. The van der Waals surface area contributed by atoms with Crippen molar-refractivity contribution in [1.29, 1.82) is 0 Å². The van der Waals surface area contributed by atoms with Gasteiger partial charge in [0.25, 0.3) is 0 Å². The maximum atomic E-state index is 11.8. The molecule has 0 amide bonds. The average molecular weight is 218 g/mol. The van der Waals surface area contributed by atoms with E-state index in [0.29, 0.717) is 11.7 Å². The predicted molar refractivity (Wildman–Crippen MR) is 58.4 cm³/mol. The van der Waals surface area contributed by atoms with E-state index in [4.69, 9.17) is 4.74 Å². The van der Waals surface area contributed by atoms with Crippen molar-refractivity contribution in [3.8, 4) is 11.5 Å². The van der Waals surface area contributed by atoms with Crippen LogP contribution in [-0.2, 0) is 4.79 Å². The van der Waals surface area contributed by atoms with Gasteiger partial charge < -0.3 is 9.84 Å². The van der Waals surface area contributed by atoms with Gasteiger partial charge in [-0.25, -0.2) is 0 Å². The molecule has 16 heavy (non-hydrogen) atoms. The van der Waals surface area contributed by atoms with Crippen LogP contribution in [0.2, 0.25) is 0 Å². The molecule has 3 rings (SSSR count). The second-order valence-electron chi connectivity index (χ2n) is 4.64. The van der Waals surface area contributed by atoms with Crippen LogP contribution < -0.4 is 4.74 Å². The zero-order chi connectivity index (χ0) is 11.1. The van der Waals surface area contributed by atoms with Crippen LogP contribution in [0.3, 0.4) is 0 Å². The molecule has 0 aromatic heterocycles. The summed E-state index contributed by atoms with van der Waals surface area (Å²) in [5.41, 5.74) is 1.09. The fourth-order valence-corrected chi connectivity index (χ4v) is 2.89. The normalized spacial score (nSPS) is 27.9. The van der Waals surface area contributed by atoms with Gasteiger partial charge in [-0.05, 0) is 24.5 Å². The molecule has 1 saturated carbocycles. The first-order valence-corrected chi connectivity index (χ1v) is 5.80. The Hall–Kier alpha value is -1.51. The molecular formula is C13H14O3. The number of benzene rings is 1. The highest BCUT2D eigenvalue weighted by molar-refractivity contribution is 5.79. The van der Waals surface area contributed by atoms with E-state index in [1.54, 1.807) is 6.07 Å². The second-order valence-corrected chi connectivity index (χ2v) is 4.64. The molecule has 2 aliphatic rings. The van der Waals surface area contributed by atoms with Gasteiger partial charge in [0, 0.05) is 12.0 Å². The van der Waals surface area contributed by atoms with Gasteiger partial charge in [-0.15, -0.1) is 0 Å². The maximum absolute atomic E-state index is 11.8. The Bertz CT molecular complexity index is 439. The van der Waals surface area contributed by atoms with Crippen molar-refractivity contribution >= 4 is 5.97 Å². The fourth-order valence-electron chi connectivity index (χ4n) is 2.89. The number of fused-ring (bicyclic) bond motifs is 3. The van der Waals surface area contributed by atoms with Crippen molar-refractivity contribution in [2.45, 2.75) is 31.6 Å². The van der Waals surface area contributed by atoms with Crippen molar-refractivity contribution in [1.82, 2.24) is 0 Å². The molecule has 3 nitrogen and oxygen atoms in total. The predicted octanol–water partition coefficient (Wildman–Crippen LogP) is 2.59. The number of ether oxygens (including phenoxy) is 1. The Labute approximate surface area is 94.0 Å². The van der Waals surface area contributed by atoms with Crippen molar-refractivity contribution in [3.05, 3.63) is 23.8 Å². The van der Waals surface area contributed by atoms with Gasteiger partial charge in [0.2, 0.25) is 0 Å². The van der Waals surface area contributed by atoms with Crippen molar-refractivity contribution in [3.63, 3.8) is 0 Å². The van der Waals surface area contributed by atoms with E-state index in [1.807, 2.05) is 6.07 Å². The summed E-state index contributed by atoms with van der Waals surface area (Å²) < 4.78 is 5.28. The lowest BCUT2D eigenvalue weighted by atomic mass is 9.74. The van der Waals surface area contributed by atoms with Gasteiger partial charge in [0.05, 0.1) is 5.92 Å². The first kappa shape index (κ1) is 9.70. The van der Waals surface area contributed by atoms with Gasteiger partial charge in [-0.2, -0.15) is 0 Å². The lowest BCUT2D eigenvalue weighted by molar-refractivity contribution is -0.142. The molecule has 0 radical (unpaired) electrons. The van der Waals surface area contributed by atoms with Crippen LogP contribution in [0.4, 0.5) is 0 Å². The highest BCUT2D eigenvalue weighted by Gasteiger charge is 2.38. The molecule has 84 valence electrons. The Morgan fingerprint density at radius 1 is 1.19 bits per heavy atom. The van der Waals surface area contributed by atoms with E-state index in [1.165, 1.54) is 12.5 Å². The molecule has 1 aromatic carbocycles. The Kier molecular flexibility index (Phi) is 2.13. The number of hydrogen-bond acceptors (Lipinski definition) is 3. The number of phenols is 1. The first-order valence-electron chi connectivity index (χ1n) is 5.80. The second kappa shape index (κ2) is 3.51. The lowest BCUT2D eigenvalue weighted by Crippen LogP contribution is -2.33. The van der Waals surface area contributed by atoms with Crippen molar-refractivity contribution in [2.75, 3.05) is 0 Å². The minimum absolute atomic E-state index is 0.0331. The number of carbonyl (C=O) groups is 1. The van der Waals surface area contributed by atoms with Crippen LogP contribution in [-0.4, -0.2) is 11.1 Å². The molecule has 1 aliphatic carbocycles. The topological polar surface area (TPSA) is 46.5 Å². The molecular weight excluding hydrogens is 204 g/mol. The van der Waals surface area contributed by atoms with Crippen LogP contribution in [0.5, 0.6) is 11.5 Å². The number of esters is 1. The van der Waals surface area contributed by atoms with Crippen LogP contribution in [0.25, 0.3) is 0 Å². The first-order chi connectivity index (χ1) is 7.75. The highest BCUT2D eigenvalue weighted by atomic mass is 16.5. The molecule has 1 fully saturated rings. The van der Waals surface area contributed by atoms with Gasteiger partial charge in [0.1, 0.15) is 11.5 Å². The summed E-state index contributed by atoms with van der Waals surface area (Å²) in [6, 6.07) is 5.10. The third kappa shape index (κ3) is 1.39. The molecule has 2 unspecified atom stereocenters. The van der Waals surface area contributed by atoms with E-state index in [2.05, 4.69) is 0 Å². The number of aromatic hydroxyl groups is 1. The summed E-state index contributed by atoms with van der Waals surface area (Å²) in [6.45, 7) is 0. The lowest BCUT2D eigenvalue weighted by Gasteiger charge is -2.35. The largest absolute Gasteiger partial charge is 0.508 e. The SMILES string of the molecule is O=C1Oc2cc(O)ccc2C2CCCCC12. The number of phenolic OH excluding ortho intramolecular Hbond substituents is 1.